The van der Waals surface area contributed by atoms with Crippen LogP contribution in [0.5, 0.6) is 11.5 Å². The normalized spacial score (nSPS) is 17.4. The lowest BCUT2D eigenvalue weighted by molar-refractivity contribution is -0.137. The van der Waals surface area contributed by atoms with Crippen molar-refractivity contribution < 1.29 is 23.0 Å². The molecule has 0 aromatic heterocycles. The molecule has 0 saturated heterocycles. The van der Waals surface area contributed by atoms with Gasteiger partial charge in [0.2, 0.25) is 0 Å². The molecule has 106 valence electrons. The number of alkyl halides is 3. The highest BCUT2D eigenvalue weighted by atomic mass is 19.4. The molecule has 19 heavy (non-hydrogen) atoms. The molecule has 2 nitrogen and oxygen atoms in total. The van der Waals surface area contributed by atoms with Gasteiger partial charge in [0, 0.05) is 6.07 Å². The Kier molecular flexibility index (Phi) is 4.22. The predicted molar refractivity (Wildman–Crippen MR) is 65.2 cm³/mol. The van der Waals surface area contributed by atoms with E-state index in [4.69, 9.17) is 4.74 Å². The lowest BCUT2D eigenvalue weighted by atomic mass is 9.90. The summed E-state index contributed by atoms with van der Waals surface area (Å²) < 4.78 is 43.1. The number of ether oxygens (including phenoxy) is 1. The van der Waals surface area contributed by atoms with E-state index in [1.165, 1.54) is 12.5 Å². The van der Waals surface area contributed by atoms with Crippen LogP contribution in [-0.2, 0) is 6.18 Å². The van der Waals surface area contributed by atoms with Crippen LogP contribution in [0.15, 0.2) is 18.2 Å². The SMILES string of the molecule is Oc1cc(OCC2CCCCC2)cc(C(F)(F)F)c1. The summed E-state index contributed by atoms with van der Waals surface area (Å²) in [7, 11) is 0. The van der Waals surface area contributed by atoms with E-state index in [1.807, 2.05) is 0 Å². The Balaban J connectivity index is 2.01. The summed E-state index contributed by atoms with van der Waals surface area (Å²) >= 11 is 0. The number of benzene rings is 1. The van der Waals surface area contributed by atoms with Gasteiger partial charge in [0.15, 0.2) is 0 Å². The minimum absolute atomic E-state index is 0.0814. The topological polar surface area (TPSA) is 29.5 Å². The van der Waals surface area contributed by atoms with Crippen molar-refractivity contribution in [2.24, 2.45) is 5.92 Å². The van der Waals surface area contributed by atoms with Crippen molar-refractivity contribution in [1.82, 2.24) is 0 Å². The maximum absolute atomic E-state index is 12.6. The van der Waals surface area contributed by atoms with E-state index in [2.05, 4.69) is 0 Å². The predicted octanol–water partition coefficient (Wildman–Crippen LogP) is 4.37. The van der Waals surface area contributed by atoms with E-state index in [9.17, 15) is 18.3 Å². The summed E-state index contributed by atoms with van der Waals surface area (Å²) in [5.74, 6) is 0.0665. The highest BCUT2D eigenvalue weighted by molar-refractivity contribution is 5.38. The van der Waals surface area contributed by atoms with Crippen LogP contribution in [0.4, 0.5) is 13.2 Å². The van der Waals surface area contributed by atoms with Crippen LogP contribution in [0.1, 0.15) is 37.7 Å². The molecule has 1 N–H and O–H groups in total. The van der Waals surface area contributed by atoms with Crippen molar-refractivity contribution >= 4 is 0 Å². The van der Waals surface area contributed by atoms with Crippen molar-refractivity contribution in [2.75, 3.05) is 6.61 Å². The van der Waals surface area contributed by atoms with Gasteiger partial charge >= 0.3 is 6.18 Å². The van der Waals surface area contributed by atoms with Gasteiger partial charge in [-0.1, -0.05) is 19.3 Å². The van der Waals surface area contributed by atoms with Crippen molar-refractivity contribution in [3.63, 3.8) is 0 Å². The van der Waals surface area contributed by atoms with Gasteiger partial charge in [-0.15, -0.1) is 0 Å². The van der Waals surface area contributed by atoms with Gasteiger partial charge in [0.1, 0.15) is 11.5 Å². The summed E-state index contributed by atoms with van der Waals surface area (Å²) in [6, 6.07) is 2.86. The number of phenols is 1. The second-order valence-electron chi connectivity index (χ2n) is 5.03. The molecule has 0 aliphatic heterocycles. The first-order valence-electron chi connectivity index (χ1n) is 6.49. The Hall–Kier alpha value is -1.39. The van der Waals surface area contributed by atoms with Crippen LogP contribution >= 0.6 is 0 Å². The number of phenolic OH excluding ortho intramolecular Hbond substituents is 1. The highest BCUT2D eigenvalue weighted by Gasteiger charge is 2.31. The lowest BCUT2D eigenvalue weighted by Crippen LogP contribution is -2.15. The van der Waals surface area contributed by atoms with Crippen LogP contribution in [0.25, 0.3) is 0 Å². The zero-order chi connectivity index (χ0) is 13.9. The van der Waals surface area contributed by atoms with E-state index in [0.29, 0.717) is 18.6 Å². The summed E-state index contributed by atoms with van der Waals surface area (Å²) in [5.41, 5.74) is -0.883. The molecule has 0 unspecified atom stereocenters. The Bertz CT molecular complexity index is 423. The lowest BCUT2D eigenvalue weighted by Gasteiger charge is -2.22. The first kappa shape index (κ1) is 14.0. The largest absolute Gasteiger partial charge is 0.508 e. The number of aromatic hydroxyl groups is 1. The fourth-order valence-electron chi connectivity index (χ4n) is 2.40. The smallest absolute Gasteiger partial charge is 0.416 e. The molecular weight excluding hydrogens is 257 g/mol. The molecule has 5 heteroatoms. The van der Waals surface area contributed by atoms with Gasteiger partial charge in [-0.05, 0) is 30.9 Å². The van der Waals surface area contributed by atoms with E-state index in [-0.39, 0.29) is 5.75 Å². The Morgan fingerprint density at radius 2 is 1.79 bits per heavy atom. The zero-order valence-electron chi connectivity index (χ0n) is 10.5. The van der Waals surface area contributed by atoms with Crippen molar-refractivity contribution in [3.8, 4) is 11.5 Å². The second kappa shape index (κ2) is 5.72. The van der Waals surface area contributed by atoms with Crippen LogP contribution < -0.4 is 4.74 Å². The molecule has 0 amide bonds. The fraction of sp³-hybridized carbons (Fsp3) is 0.571. The van der Waals surface area contributed by atoms with Gasteiger partial charge in [-0.25, -0.2) is 0 Å². The minimum Gasteiger partial charge on any atom is -0.508 e. The molecule has 1 aliphatic carbocycles. The van der Waals surface area contributed by atoms with Gasteiger partial charge in [0.05, 0.1) is 12.2 Å². The highest BCUT2D eigenvalue weighted by Crippen LogP contribution is 2.35. The summed E-state index contributed by atoms with van der Waals surface area (Å²) in [4.78, 5) is 0. The third kappa shape index (κ3) is 4.04. The molecule has 1 aliphatic rings. The van der Waals surface area contributed by atoms with Crippen LogP contribution in [0, 0.1) is 5.92 Å². The van der Waals surface area contributed by atoms with Crippen molar-refractivity contribution in [3.05, 3.63) is 23.8 Å². The maximum atomic E-state index is 12.6. The average Bonchev–Trinajstić information content (AvgIpc) is 2.36. The maximum Gasteiger partial charge on any atom is 0.416 e. The number of halogens is 3. The molecule has 0 bridgehead atoms. The molecule has 2 rings (SSSR count). The Morgan fingerprint density at radius 3 is 2.42 bits per heavy atom. The van der Waals surface area contributed by atoms with Gasteiger partial charge < -0.3 is 9.84 Å². The van der Waals surface area contributed by atoms with Crippen molar-refractivity contribution in [2.45, 2.75) is 38.3 Å². The average molecular weight is 274 g/mol. The number of hydrogen-bond donors (Lipinski definition) is 1. The van der Waals surface area contributed by atoms with Gasteiger partial charge in [-0.2, -0.15) is 13.2 Å². The third-order valence-corrected chi connectivity index (χ3v) is 3.43. The van der Waals surface area contributed by atoms with Gasteiger partial charge in [-0.3, -0.25) is 0 Å². The molecule has 0 radical (unpaired) electrons. The minimum atomic E-state index is -4.47. The summed E-state index contributed by atoms with van der Waals surface area (Å²) in [5, 5.41) is 9.31. The molecule has 1 saturated carbocycles. The van der Waals surface area contributed by atoms with E-state index >= 15 is 0 Å². The number of rotatable bonds is 3. The zero-order valence-corrected chi connectivity index (χ0v) is 10.5. The molecule has 1 aromatic rings. The standard InChI is InChI=1S/C14H17F3O2/c15-14(16,17)11-6-12(18)8-13(7-11)19-9-10-4-2-1-3-5-10/h6-8,10,18H,1-5,9H2. The molecule has 1 aromatic carbocycles. The Morgan fingerprint density at radius 1 is 1.11 bits per heavy atom. The van der Waals surface area contributed by atoms with E-state index in [0.717, 1.165) is 31.7 Å². The monoisotopic (exact) mass is 274 g/mol. The third-order valence-electron chi connectivity index (χ3n) is 3.43. The molecule has 1 fully saturated rings. The summed E-state index contributed by atoms with van der Waals surface area (Å²) in [6.07, 6.45) is 1.18. The van der Waals surface area contributed by atoms with Crippen LogP contribution in [-0.4, -0.2) is 11.7 Å². The Labute approximate surface area is 110 Å². The molecule has 0 atom stereocenters. The quantitative estimate of drug-likeness (QED) is 0.886. The molecular formula is C14H17F3O2. The van der Waals surface area contributed by atoms with Gasteiger partial charge in [0.25, 0.3) is 0 Å². The van der Waals surface area contributed by atoms with E-state index < -0.39 is 17.5 Å². The van der Waals surface area contributed by atoms with Crippen molar-refractivity contribution in [1.29, 1.82) is 0 Å². The first-order chi connectivity index (χ1) is 8.95. The summed E-state index contributed by atoms with van der Waals surface area (Å²) in [6.45, 7) is 0.417. The first-order valence-corrected chi connectivity index (χ1v) is 6.49. The fourth-order valence-corrected chi connectivity index (χ4v) is 2.40. The number of hydrogen-bond acceptors (Lipinski definition) is 2. The van der Waals surface area contributed by atoms with Crippen LogP contribution in [0.3, 0.4) is 0 Å². The molecule has 0 spiro atoms. The van der Waals surface area contributed by atoms with E-state index in [1.54, 1.807) is 0 Å². The second-order valence-corrected chi connectivity index (χ2v) is 5.03. The van der Waals surface area contributed by atoms with Crippen LogP contribution in [0.2, 0.25) is 0 Å². The molecule has 0 heterocycles.